The van der Waals surface area contributed by atoms with E-state index in [2.05, 4.69) is 10.6 Å². The molecule has 0 heterocycles. The van der Waals surface area contributed by atoms with Gasteiger partial charge in [0, 0.05) is 42.4 Å². The smallest absolute Gasteiger partial charge is 0.255 e. The van der Waals surface area contributed by atoms with Gasteiger partial charge >= 0.3 is 0 Å². The van der Waals surface area contributed by atoms with E-state index in [0.29, 0.717) is 5.69 Å². The number of carbonyl (C=O) groups excluding carboxylic acids is 1. The van der Waals surface area contributed by atoms with Crippen LogP contribution in [0.5, 0.6) is 0 Å². The lowest BCUT2D eigenvalue weighted by molar-refractivity contribution is 0.102. The van der Waals surface area contributed by atoms with Crippen LogP contribution in [-0.4, -0.2) is 20.0 Å². The minimum Gasteiger partial charge on any atom is -0.378 e. The fraction of sp³-hybridized carbons (Fsp3) is 0.0952. The van der Waals surface area contributed by atoms with Crippen LogP contribution < -0.4 is 15.5 Å². The van der Waals surface area contributed by atoms with E-state index in [0.717, 1.165) is 29.2 Å². The van der Waals surface area contributed by atoms with E-state index in [9.17, 15) is 13.6 Å². The molecule has 0 bridgehead atoms. The van der Waals surface area contributed by atoms with E-state index in [1.807, 2.05) is 55.4 Å². The van der Waals surface area contributed by atoms with E-state index >= 15 is 0 Å². The fourth-order valence-electron chi connectivity index (χ4n) is 2.49. The van der Waals surface area contributed by atoms with Crippen molar-refractivity contribution < 1.29 is 13.6 Å². The first kappa shape index (κ1) is 18.4. The summed E-state index contributed by atoms with van der Waals surface area (Å²) in [4.78, 5) is 14.1. The lowest BCUT2D eigenvalue weighted by atomic mass is 10.2. The van der Waals surface area contributed by atoms with Crippen molar-refractivity contribution >= 4 is 28.7 Å². The summed E-state index contributed by atoms with van der Waals surface area (Å²) in [6.45, 7) is 0. The SMILES string of the molecule is CN(C)c1ccc(Nc2ccc(NC(=O)c3ccc(F)c(F)c3)cc2)cc1. The summed E-state index contributed by atoms with van der Waals surface area (Å²) in [5.41, 5.74) is 3.52. The van der Waals surface area contributed by atoms with Gasteiger partial charge in [-0.05, 0) is 66.7 Å². The van der Waals surface area contributed by atoms with Crippen LogP contribution in [0, 0.1) is 11.6 Å². The van der Waals surface area contributed by atoms with Crippen molar-refractivity contribution in [3.8, 4) is 0 Å². The number of hydrogen-bond acceptors (Lipinski definition) is 3. The molecule has 138 valence electrons. The number of rotatable bonds is 5. The molecule has 4 nitrogen and oxygen atoms in total. The molecule has 3 aromatic carbocycles. The first-order valence-corrected chi connectivity index (χ1v) is 8.33. The molecule has 6 heteroatoms. The van der Waals surface area contributed by atoms with Gasteiger partial charge in [0.2, 0.25) is 0 Å². The van der Waals surface area contributed by atoms with Gasteiger partial charge in [-0.25, -0.2) is 8.78 Å². The third-order valence-electron chi connectivity index (χ3n) is 4.00. The average molecular weight is 367 g/mol. The number of nitrogens with zero attached hydrogens (tertiary/aromatic N) is 1. The Balaban J connectivity index is 1.64. The van der Waals surface area contributed by atoms with Gasteiger partial charge in [-0.1, -0.05) is 0 Å². The maximum atomic E-state index is 13.2. The molecule has 0 spiro atoms. The molecule has 0 fully saturated rings. The number of nitrogens with one attached hydrogen (secondary N) is 2. The first-order chi connectivity index (χ1) is 12.9. The molecule has 0 aliphatic rings. The van der Waals surface area contributed by atoms with Crippen molar-refractivity contribution in [2.75, 3.05) is 29.6 Å². The highest BCUT2D eigenvalue weighted by Gasteiger charge is 2.10. The summed E-state index contributed by atoms with van der Waals surface area (Å²) in [5, 5.41) is 5.93. The Labute approximate surface area is 156 Å². The van der Waals surface area contributed by atoms with E-state index in [1.54, 1.807) is 12.1 Å². The zero-order valence-corrected chi connectivity index (χ0v) is 15.0. The van der Waals surface area contributed by atoms with Crippen molar-refractivity contribution in [1.82, 2.24) is 0 Å². The molecule has 0 atom stereocenters. The summed E-state index contributed by atoms with van der Waals surface area (Å²) in [5.74, 6) is -2.54. The Morgan fingerprint density at radius 2 is 1.33 bits per heavy atom. The summed E-state index contributed by atoms with van der Waals surface area (Å²) >= 11 is 0. The van der Waals surface area contributed by atoms with Crippen LogP contribution in [0.2, 0.25) is 0 Å². The van der Waals surface area contributed by atoms with Crippen LogP contribution >= 0.6 is 0 Å². The van der Waals surface area contributed by atoms with Crippen LogP contribution in [0.15, 0.2) is 66.7 Å². The summed E-state index contributed by atoms with van der Waals surface area (Å²) < 4.78 is 26.2. The standard InChI is InChI=1S/C21H19F2N3O/c1-26(2)18-10-8-16(9-11-18)24-15-4-6-17(7-5-15)25-21(27)14-3-12-19(22)20(23)13-14/h3-13,24H,1-2H3,(H,25,27). The monoisotopic (exact) mass is 367 g/mol. The van der Waals surface area contributed by atoms with Gasteiger partial charge in [0.15, 0.2) is 11.6 Å². The van der Waals surface area contributed by atoms with Crippen molar-refractivity contribution in [2.24, 2.45) is 0 Å². The molecule has 0 aliphatic heterocycles. The van der Waals surface area contributed by atoms with Crippen LogP contribution in [0.3, 0.4) is 0 Å². The second kappa shape index (κ2) is 7.86. The number of carbonyl (C=O) groups is 1. The van der Waals surface area contributed by atoms with Gasteiger partial charge in [-0.3, -0.25) is 4.79 Å². The molecule has 2 N–H and O–H groups in total. The maximum absolute atomic E-state index is 13.2. The van der Waals surface area contributed by atoms with Crippen molar-refractivity contribution in [3.05, 3.63) is 83.9 Å². The molecule has 0 radical (unpaired) electrons. The zero-order valence-electron chi connectivity index (χ0n) is 15.0. The second-order valence-corrected chi connectivity index (χ2v) is 6.23. The molecule has 0 saturated carbocycles. The Morgan fingerprint density at radius 1 is 0.778 bits per heavy atom. The predicted octanol–water partition coefficient (Wildman–Crippen LogP) is 5.03. The zero-order chi connectivity index (χ0) is 19.4. The fourth-order valence-corrected chi connectivity index (χ4v) is 2.49. The molecular formula is C21H19F2N3O. The van der Waals surface area contributed by atoms with Gasteiger partial charge < -0.3 is 15.5 Å². The minimum absolute atomic E-state index is 0.0529. The molecule has 0 unspecified atom stereocenters. The van der Waals surface area contributed by atoms with Crippen molar-refractivity contribution in [3.63, 3.8) is 0 Å². The van der Waals surface area contributed by atoms with Gasteiger partial charge in [0.1, 0.15) is 0 Å². The van der Waals surface area contributed by atoms with Crippen molar-refractivity contribution in [2.45, 2.75) is 0 Å². The van der Waals surface area contributed by atoms with Gasteiger partial charge in [0.05, 0.1) is 0 Å². The molecule has 3 aromatic rings. The summed E-state index contributed by atoms with van der Waals surface area (Å²) in [7, 11) is 3.96. The Morgan fingerprint density at radius 3 is 1.89 bits per heavy atom. The third-order valence-corrected chi connectivity index (χ3v) is 4.00. The highest BCUT2D eigenvalue weighted by molar-refractivity contribution is 6.04. The topological polar surface area (TPSA) is 44.4 Å². The van der Waals surface area contributed by atoms with Gasteiger partial charge in [-0.15, -0.1) is 0 Å². The second-order valence-electron chi connectivity index (χ2n) is 6.23. The van der Waals surface area contributed by atoms with Gasteiger partial charge in [-0.2, -0.15) is 0 Å². The molecule has 0 saturated heterocycles. The number of amides is 1. The normalized spacial score (nSPS) is 10.4. The summed E-state index contributed by atoms with van der Waals surface area (Å²) in [6.07, 6.45) is 0. The van der Waals surface area contributed by atoms with Crippen LogP contribution in [-0.2, 0) is 0 Å². The highest BCUT2D eigenvalue weighted by Crippen LogP contribution is 2.22. The molecule has 3 rings (SSSR count). The molecule has 1 amide bonds. The Hall–Kier alpha value is -3.41. The first-order valence-electron chi connectivity index (χ1n) is 8.33. The Kier molecular flexibility index (Phi) is 5.35. The lowest BCUT2D eigenvalue weighted by Crippen LogP contribution is -2.12. The predicted molar refractivity (Wildman–Crippen MR) is 105 cm³/mol. The third kappa shape index (κ3) is 4.61. The number of benzene rings is 3. The molecule has 0 aliphatic carbocycles. The number of anilines is 4. The van der Waals surface area contributed by atoms with E-state index in [4.69, 9.17) is 0 Å². The molecular weight excluding hydrogens is 348 g/mol. The minimum atomic E-state index is -1.05. The van der Waals surface area contributed by atoms with Crippen LogP contribution in [0.25, 0.3) is 0 Å². The van der Waals surface area contributed by atoms with Crippen LogP contribution in [0.1, 0.15) is 10.4 Å². The van der Waals surface area contributed by atoms with Gasteiger partial charge in [0.25, 0.3) is 5.91 Å². The largest absolute Gasteiger partial charge is 0.378 e. The van der Waals surface area contributed by atoms with Crippen LogP contribution in [0.4, 0.5) is 31.5 Å². The van der Waals surface area contributed by atoms with E-state index in [1.165, 1.54) is 6.07 Å². The molecule has 0 aromatic heterocycles. The van der Waals surface area contributed by atoms with E-state index < -0.39 is 17.5 Å². The Bertz CT molecular complexity index is 939. The van der Waals surface area contributed by atoms with Crippen molar-refractivity contribution in [1.29, 1.82) is 0 Å². The molecule has 27 heavy (non-hydrogen) atoms. The highest BCUT2D eigenvalue weighted by atomic mass is 19.2. The average Bonchev–Trinajstić information content (AvgIpc) is 2.66. The van der Waals surface area contributed by atoms with E-state index in [-0.39, 0.29) is 5.56 Å². The maximum Gasteiger partial charge on any atom is 0.255 e. The number of halogens is 2. The quantitative estimate of drug-likeness (QED) is 0.665. The number of hydrogen-bond donors (Lipinski definition) is 2. The summed E-state index contributed by atoms with van der Waals surface area (Å²) in [6, 6.07) is 18.1. The lowest BCUT2D eigenvalue weighted by Gasteiger charge is -2.13.